The van der Waals surface area contributed by atoms with Crippen LogP contribution in [0.1, 0.15) is 54.7 Å². The lowest BCUT2D eigenvalue weighted by Crippen LogP contribution is -2.49. The molecule has 2 aliphatic rings. The van der Waals surface area contributed by atoms with Crippen LogP contribution >= 0.6 is 0 Å². The first-order valence-corrected chi connectivity index (χ1v) is 14.4. The fourth-order valence-corrected chi connectivity index (χ4v) is 5.56. The van der Waals surface area contributed by atoms with Gasteiger partial charge in [-0.3, -0.25) is 14.4 Å². The van der Waals surface area contributed by atoms with Crippen LogP contribution in [0.25, 0.3) is 33.3 Å². The van der Waals surface area contributed by atoms with Crippen molar-refractivity contribution in [1.82, 2.24) is 35.3 Å². The number of H-pyrrole nitrogens is 1. The van der Waals surface area contributed by atoms with E-state index in [-0.39, 0.29) is 73.3 Å². The number of ether oxygens (including phenoxy) is 2. The number of nitrogens with zero attached hydrogens (tertiary/aromatic N) is 7. The van der Waals surface area contributed by atoms with Gasteiger partial charge in [-0.2, -0.15) is 28.6 Å². The molecule has 4 aromatic heterocycles. The second kappa shape index (κ2) is 10.9. The average molecular weight is 656 g/mol. The zero-order valence-electron chi connectivity index (χ0n) is 28.9. The zero-order chi connectivity index (χ0) is 36.6. The predicted molar refractivity (Wildman–Crippen MR) is 164 cm³/mol. The number of alkyl carbamates (subject to hydrolysis) is 1. The third-order valence-corrected chi connectivity index (χ3v) is 7.78. The number of aromatic amines is 1. The number of pyridine rings is 2. The Balaban J connectivity index is 1.56. The van der Waals surface area contributed by atoms with Crippen molar-refractivity contribution in [2.24, 2.45) is 7.05 Å². The van der Waals surface area contributed by atoms with Gasteiger partial charge in [-0.15, -0.1) is 0 Å². The highest BCUT2D eigenvalue weighted by molar-refractivity contribution is 5.97. The first kappa shape index (κ1) is 27.9. The Morgan fingerprint density at radius 2 is 2.04 bits per heavy atom. The molecule has 1 fully saturated rings. The smallest absolute Gasteiger partial charge is 0.480 e. The number of alkyl halides is 3. The number of aromatic nitrogens is 6. The molecule has 0 bridgehead atoms. The molecule has 1 aliphatic carbocycles. The fraction of sp³-hybridized carbons (Fsp3) is 0.433. The van der Waals surface area contributed by atoms with Gasteiger partial charge in [-0.05, 0) is 46.6 Å². The maximum atomic E-state index is 14.2. The van der Waals surface area contributed by atoms with Gasteiger partial charge in [-0.25, -0.2) is 19.9 Å². The number of hydrogen-bond acceptors (Lipinski definition) is 11. The number of nitrogens with one attached hydrogen (secondary N) is 3. The van der Waals surface area contributed by atoms with Crippen LogP contribution in [0.5, 0.6) is 5.75 Å². The SMILES string of the molecule is [2H]C([2H])([2H])Nc1nc(-c2cnn(C)c2-c2c(C)nc3c(c2C#N)OC2(CC2)CN3C(F)(F)F)cc2c(CNC(=O)OC(C)(C)C)n[nH]c(=O)c12. The van der Waals surface area contributed by atoms with Crippen molar-refractivity contribution >= 4 is 28.5 Å². The van der Waals surface area contributed by atoms with Crippen LogP contribution < -0.4 is 25.8 Å². The summed E-state index contributed by atoms with van der Waals surface area (Å²) in [4.78, 5) is 34.5. The van der Waals surface area contributed by atoms with Crippen LogP contribution in [-0.4, -0.2) is 67.1 Å². The molecule has 47 heavy (non-hydrogen) atoms. The van der Waals surface area contributed by atoms with Crippen LogP contribution in [-0.2, 0) is 18.3 Å². The highest BCUT2D eigenvalue weighted by Gasteiger charge is 2.57. The molecule has 1 saturated carbocycles. The fourth-order valence-electron chi connectivity index (χ4n) is 5.56. The van der Waals surface area contributed by atoms with Crippen molar-refractivity contribution in [2.45, 2.75) is 64.6 Å². The molecular weight excluding hydrogens is 621 g/mol. The van der Waals surface area contributed by atoms with E-state index in [9.17, 15) is 28.0 Å². The van der Waals surface area contributed by atoms with E-state index in [2.05, 4.69) is 35.9 Å². The number of carbonyl (C=O) groups is 1. The van der Waals surface area contributed by atoms with Gasteiger partial charge in [0.15, 0.2) is 11.6 Å². The lowest BCUT2D eigenvalue weighted by molar-refractivity contribution is -0.136. The molecule has 6 rings (SSSR count). The number of fused-ring (bicyclic) bond motifs is 2. The van der Waals surface area contributed by atoms with E-state index in [1.54, 1.807) is 20.8 Å². The highest BCUT2D eigenvalue weighted by Crippen LogP contribution is 2.53. The standard InChI is InChI=1S/C30H31F3N10O4/c1-14-20(16(10-34)23-25(38-14)43(30(31,32)33)13-29(46-23)7-8-29)22-17(11-37-42(22)6)18-9-15-19(12-36-27(45)47-28(2,3)4)40-41-26(44)21(15)24(35-5)39-18/h9,11H,7-8,12-13H2,1-6H3,(H,35,39)(H,36,45)(H,41,44)/i5D3. The van der Waals surface area contributed by atoms with Crippen molar-refractivity contribution in [3.05, 3.63) is 39.6 Å². The van der Waals surface area contributed by atoms with E-state index in [4.69, 9.17) is 13.6 Å². The topological polar surface area (TPSA) is 176 Å². The van der Waals surface area contributed by atoms with Crippen LogP contribution in [0, 0.1) is 18.3 Å². The first-order valence-electron chi connectivity index (χ1n) is 15.9. The van der Waals surface area contributed by atoms with E-state index >= 15 is 0 Å². The maximum Gasteiger partial charge on any atom is 0.486 e. The molecule has 0 saturated heterocycles. The summed E-state index contributed by atoms with van der Waals surface area (Å²) >= 11 is 0. The summed E-state index contributed by atoms with van der Waals surface area (Å²) in [5, 5.41) is 25.9. The van der Waals surface area contributed by atoms with E-state index in [1.165, 1.54) is 30.9 Å². The van der Waals surface area contributed by atoms with E-state index < -0.39 is 48.5 Å². The van der Waals surface area contributed by atoms with Gasteiger partial charge in [0.05, 0.1) is 47.4 Å². The summed E-state index contributed by atoms with van der Waals surface area (Å²) in [6, 6.07) is 3.45. The van der Waals surface area contributed by atoms with Gasteiger partial charge in [0.1, 0.15) is 28.7 Å². The highest BCUT2D eigenvalue weighted by atomic mass is 19.4. The molecular formula is C30H31F3N10O4. The normalized spacial score (nSPS) is 16.4. The van der Waals surface area contributed by atoms with E-state index in [0.29, 0.717) is 12.8 Å². The number of carbonyl (C=O) groups excluding carboxylic acids is 1. The minimum Gasteiger partial charge on any atom is -0.480 e. The Labute approximate surface area is 270 Å². The summed E-state index contributed by atoms with van der Waals surface area (Å²) < 4.78 is 78.9. The number of hydrogen-bond donors (Lipinski definition) is 3. The molecule has 0 unspecified atom stereocenters. The predicted octanol–water partition coefficient (Wildman–Crippen LogP) is 4.28. The Morgan fingerprint density at radius 3 is 2.68 bits per heavy atom. The van der Waals surface area contributed by atoms with Crippen LogP contribution in [0.2, 0.25) is 0 Å². The molecule has 1 amide bonds. The van der Waals surface area contributed by atoms with Crippen molar-refractivity contribution in [3.8, 4) is 34.3 Å². The Kier molecular flexibility index (Phi) is 6.43. The number of nitriles is 1. The minimum absolute atomic E-state index is 0.0516. The lowest BCUT2D eigenvalue weighted by Gasteiger charge is -2.37. The maximum absolute atomic E-state index is 14.2. The third-order valence-electron chi connectivity index (χ3n) is 7.78. The molecule has 1 spiro atoms. The summed E-state index contributed by atoms with van der Waals surface area (Å²) in [5.41, 5.74) is -2.16. The van der Waals surface area contributed by atoms with Crippen LogP contribution in [0.15, 0.2) is 17.1 Å². The molecule has 14 nitrogen and oxygen atoms in total. The summed E-state index contributed by atoms with van der Waals surface area (Å²) in [7, 11) is 1.54. The molecule has 0 radical (unpaired) electrons. The first-order chi connectivity index (χ1) is 23.2. The zero-order valence-corrected chi connectivity index (χ0v) is 25.9. The van der Waals surface area contributed by atoms with Gasteiger partial charge in [0, 0.05) is 34.6 Å². The quantitative estimate of drug-likeness (QED) is 0.262. The van der Waals surface area contributed by atoms with Crippen molar-refractivity contribution < 1.29 is 31.6 Å². The van der Waals surface area contributed by atoms with Crippen molar-refractivity contribution in [1.29, 1.82) is 5.26 Å². The van der Waals surface area contributed by atoms with Crippen LogP contribution in [0.3, 0.4) is 0 Å². The Bertz CT molecular complexity index is 2150. The third kappa shape index (κ3) is 5.64. The Hall–Kier alpha value is -5.40. The summed E-state index contributed by atoms with van der Waals surface area (Å²) in [6.07, 6.45) is -3.47. The Morgan fingerprint density at radius 1 is 1.30 bits per heavy atom. The molecule has 17 heteroatoms. The van der Waals surface area contributed by atoms with E-state index in [0.717, 1.165) is 0 Å². The largest absolute Gasteiger partial charge is 0.486 e. The molecule has 4 aromatic rings. The van der Waals surface area contributed by atoms with Gasteiger partial charge < -0.3 is 20.1 Å². The molecule has 0 aromatic carbocycles. The number of halogens is 3. The number of aryl methyl sites for hydroxylation is 2. The van der Waals surface area contributed by atoms with Crippen molar-refractivity contribution in [3.63, 3.8) is 0 Å². The van der Waals surface area contributed by atoms with Crippen molar-refractivity contribution in [2.75, 3.05) is 23.7 Å². The van der Waals surface area contributed by atoms with Gasteiger partial charge in [0.25, 0.3) is 5.56 Å². The van der Waals surface area contributed by atoms with E-state index in [1.807, 2.05) is 6.07 Å². The van der Waals surface area contributed by atoms with Gasteiger partial charge in [-0.1, -0.05) is 0 Å². The molecule has 5 heterocycles. The average Bonchev–Trinajstić information content (AvgIpc) is 3.62. The summed E-state index contributed by atoms with van der Waals surface area (Å²) in [5.74, 6) is -1.20. The van der Waals surface area contributed by atoms with Gasteiger partial charge >= 0.3 is 12.4 Å². The second-order valence-corrected chi connectivity index (χ2v) is 12.3. The number of rotatable bonds is 5. The van der Waals surface area contributed by atoms with Crippen LogP contribution in [0.4, 0.5) is 29.6 Å². The lowest BCUT2D eigenvalue weighted by atomic mass is 9.97. The molecule has 246 valence electrons. The molecule has 0 atom stereocenters. The number of anilines is 2. The molecule has 1 aliphatic heterocycles. The number of amides is 1. The minimum atomic E-state index is -4.79. The molecule has 3 N–H and O–H groups in total. The monoisotopic (exact) mass is 655 g/mol. The van der Waals surface area contributed by atoms with Gasteiger partial charge in [0.2, 0.25) is 0 Å². The summed E-state index contributed by atoms with van der Waals surface area (Å²) in [6.45, 7) is 2.95. The second-order valence-electron chi connectivity index (χ2n) is 12.3.